The zero-order valence-electron chi connectivity index (χ0n) is 10.9. The van der Waals surface area contributed by atoms with Gasteiger partial charge in [0, 0.05) is 24.3 Å². The van der Waals surface area contributed by atoms with Crippen LogP contribution in [0.1, 0.15) is 5.56 Å². The molecule has 0 aliphatic heterocycles. The van der Waals surface area contributed by atoms with Crippen LogP contribution < -0.4 is 5.32 Å². The molecule has 0 aliphatic rings. The van der Waals surface area contributed by atoms with Gasteiger partial charge in [-0.3, -0.25) is 4.98 Å². The Bertz CT molecular complexity index is 803. The monoisotopic (exact) mass is 288 g/mol. The zero-order valence-corrected chi connectivity index (χ0v) is 10.9. The largest absolute Gasteiger partial charge is 0.379 e. The molecule has 0 spiro atoms. The van der Waals surface area contributed by atoms with Crippen LogP contribution in [0.4, 0.5) is 18.9 Å². The zero-order chi connectivity index (χ0) is 14.8. The number of fused-ring (bicyclic) bond motifs is 1. The summed E-state index contributed by atoms with van der Waals surface area (Å²) in [5.74, 6) is -3.87. The van der Waals surface area contributed by atoms with Crippen molar-refractivity contribution in [2.45, 2.75) is 6.54 Å². The molecule has 3 aromatic rings. The van der Waals surface area contributed by atoms with Gasteiger partial charge in [-0.2, -0.15) is 0 Å². The Kier molecular flexibility index (Phi) is 3.48. The van der Waals surface area contributed by atoms with E-state index in [9.17, 15) is 13.2 Å². The Hall–Kier alpha value is -2.56. The third-order valence-corrected chi connectivity index (χ3v) is 3.22. The Morgan fingerprint density at radius 1 is 0.905 bits per heavy atom. The highest BCUT2D eigenvalue weighted by atomic mass is 19.2. The third kappa shape index (κ3) is 2.67. The van der Waals surface area contributed by atoms with Crippen LogP contribution in [-0.2, 0) is 6.54 Å². The van der Waals surface area contributed by atoms with E-state index in [1.807, 2.05) is 24.3 Å². The molecule has 3 rings (SSSR count). The van der Waals surface area contributed by atoms with Gasteiger partial charge < -0.3 is 5.32 Å². The predicted octanol–water partition coefficient (Wildman–Crippen LogP) is 4.26. The molecule has 1 aromatic heterocycles. The van der Waals surface area contributed by atoms with E-state index in [2.05, 4.69) is 10.3 Å². The van der Waals surface area contributed by atoms with E-state index in [-0.39, 0.29) is 5.69 Å². The van der Waals surface area contributed by atoms with Crippen molar-refractivity contribution in [2.75, 3.05) is 5.32 Å². The Balaban J connectivity index is 1.82. The second kappa shape index (κ2) is 5.44. The summed E-state index contributed by atoms with van der Waals surface area (Å²) in [6.07, 6.45) is 3.44. The molecule has 0 unspecified atom stereocenters. The van der Waals surface area contributed by atoms with Gasteiger partial charge in [0.15, 0.2) is 17.5 Å². The Morgan fingerprint density at radius 2 is 1.76 bits per heavy atom. The number of halogens is 3. The molecule has 1 N–H and O–H groups in total. The van der Waals surface area contributed by atoms with Crippen LogP contribution in [0.5, 0.6) is 0 Å². The van der Waals surface area contributed by atoms with Crippen LogP contribution in [-0.4, -0.2) is 4.98 Å². The van der Waals surface area contributed by atoms with Crippen molar-refractivity contribution < 1.29 is 13.2 Å². The number of hydrogen-bond acceptors (Lipinski definition) is 2. The van der Waals surface area contributed by atoms with Crippen LogP contribution >= 0.6 is 0 Å². The standard InChI is InChI=1S/C16H11F3N2/c17-13-3-4-14(16(19)15(13)18)21-8-10-1-2-12-9-20-6-5-11(12)7-10/h1-7,9,21H,8H2. The van der Waals surface area contributed by atoms with Crippen molar-refractivity contribution in [2.24, 2.45) is 0 Å². The lowest BCUT2D eigenvalue weighted by molar-refractivity contribution is 0.449. The molecule has 2 nitrogen and oxygen atoms in total. The number of hydrogen-bond donors (Lipinski definition) is 1. The van der Waals surface area contributed by atoms with E-state index in [4.69, 9.17) is 0 Å². The van der Waals surface area contributed by atoms with Gasteiger partial charge in [-0.05, 0) is 35.2 Å². The molecule has 0 atom stereocenters. The molecule has 0 fully saturated rings. The summed E-state index contributed by atoms with van der Waals surface area (Å²) in [5, 5.41) is 4.77. The number of anilines is 1. The van der Waals surface area contributed by atoms with Crippen LogP contribution in [0, 0.1) is 17.5 Å². The highest BCUT2D eigenvalue weighted by Gasteiger charge is 2.12. The van der Waals surface area contributed by atoms with E-state index >= 15 is 0 Å². The second-order valence-electron chi connectivity index (χ2n) is 4.63. The minimum Gasteiger partial charge on any atom is -0.379 e. The topological polar surface area (TPSA) is 24.9 Å². The van der Waals surface area contributed by atoms with Crippen LogP contribution in [0.25, 0.3) is 10.8 Å². The summed E-state index contributed by atoms with van der Waals surface area (Å²) in [7, 11) is 0. The van der Waals surface area contributed by atoms with Gasteiger partial charge in [0.05, 0.1) is 5.69 Å². The predicted molar refractivity (Wildman–Crippen MR) is 75.4 cm³/mol. The number of nitrogens with one attached hydrogen (secondary N) is 1. The molecule has 0 bridgehead atoms. The van der Waals surface area contributed by atoms with Crippen molar-refractivity contribution in [3.63, 3.8) is 0 Å². The first-order chi connectivity index (χ1) is 10.1. The first kappa shape index (κ1) is 13.4. The fourth-order valence-corrected chi connectivity index (χ4v) is 2.10. The fourth-order valence-electron chi connectivity index (χ4n) is 2.10. The van der Waals surface area contributed by atoms with Gasteiger partial charge in [-0.15, -0.1) is 0 Å². The summed E-state index contributed by atoms with van der Waals surface area (Å²) in [6, 6.07) is 9.65. The van der Waals surface area contributed by atoms with Crippen LogP contribution in [0.3, 0.4) is 0 Å². The number of pyridine rings is 1. The molecule has 0 radical (unpaired) electrons. The fraction of sp³-hybridized carbons (Fsp3) is 0.0625. The number of benzene rings is 2. The van der Waals surface area contributed by atoms with Gasteiger partial charge >= 0.3 is 0 Å². The van der Waals surface area contributed by atoms with Gasteiger partial charge in [0.1, 0.15) is 0 Å². The summed E-state index contributed by atoms with van der Waals surface area (Å²) in [4.78, 5) is 4.02. The van der Waals surface area contributed by atoms with Crippen molar-refractivity contribution in [3.05, 3.63) is 71.8 Å². The average Bonchev–Trinajstić information content (AvgIpc) is 2.52. The van der Waals surface area contributed by atoms with E-state index < -0.39 is 17.5 Å². The minimum atomic E-state index is -1.47. The SMILES string of the molecule is Fc1ccc(NCc2ccc3cnccc3c2)c(F)c1F. The van der Waals surface area contributed by atoms with Gasteiger partial charge in [0.2, 0.25) is 0 Å². The van der Waals surface area contributed by atoms with E-state index in [0.29, 0.717) is 6.54 Å². The molecule has 0 amide bonds. The molecule has 0 saturated carbocycles. The summed E-state index contributed by atoms with van der Waals surface area (Å²) in [6.45, 7) is 0.306. The normalized spacial score (nSPS) is 10.8. The van der Waals surface area contributed by atoms with E-state index in [0.717, 1.165) is 22.4 Å². The number of aromatic nitrogens is 1. The maximum atomic E-state index is 13.5. The third-order valence-electron chi connectivity index (χ3n) is 3.22. The highest BCUT2D eigenvalue weighted by molar-refractivity contribution is 5.82. The smallest absolute Gasteiger partial charge is 0.196 e. The lowest BCUT2D eigenvalue weighted by Crippen LogP contribution is -2.04. The lowest BCUT2D eigenvalue weighted by atomic mass is 10.1. The molecule has 106 valence electrons. The summed E-state index contributed by atoms with van der Waals surface area (Å²) in [5.41, 5.74) is 0.835. The quantitative estimate of drug-likeness (QED) is 0.728. The second-order valence-corrected chi connectivity index (χ2v) is 4.63. The number of nitrogens with zero attached hydrogens (tertiary/aromatic N) is 1. The minimum absolute atomic E-state index is 0.0660. The molecule has 2 aromatic carbocycles. The molecule has 0 saturated heterocycles. The average molecular weight is 288 g/mol. The van der Waals surface area contributed by atoms with Crippen molar-refractivity contribution in [3.8, 4) is 0 Å². The molecule has 5 heteroatoms. The lowest BCUT2D eigenvalue weighted by Gasteiger charge is -2.09. The number of rotatable bonds is 3. The molecule has 1 heterocycles. The summed E-state index contributed by atoms with van der Waals surface area (Å²) >= 11 is 0. The maximum Gasteiger partial charge on any atom is 0.196 e. The molecular formula is C16H11F3N2. The molecular weight excluding hydrogens is 277 g/mol. The van der Waals surface area contributed by atoms with E-state index in [1.54, 1.807) is 12.4 Å². The van der Waals surface area contributed by atoms with Gasteiger partial charge in [0.25, 0.3) is 0 Å². The van der Waals surface area contributed by atoms with Crippen molar-refractivity contribution in [1.82, 2.24) is 4.98 Å². The maximum absolute atomic E-state index is 13.5. The first-order valence-corrected chi connectivity index (χ1v) is 6.35. The van der Waals surface area contributed by atoms with Crippen molar-refractivity contribution in [1.29, 1.82) is 0 Å². The van der Waals surface area contributed by atoms with Gasteiger partial charge in [-0.1, -0.05) is 12.1 Å². The molecule has 21 heavy (non-hydrogen) atoms. The first-order valence-electron chi connectivity index (χ1n) is 6.35. The highest BCUT2D eigenvalue weighted by Crippen LogP contribution is 2.21. The molecule has 0 aliphatic carbocycles. The Labute approximate surface area is 119 Å². The van der Waals surface area contributed by atoms with Crippen LogP contribution in [0.2, 0.25) is 0 Å². The van der Waals surface area contributed by atoms with E-state index in [1.165, 1.54) is 6.07 Å². The summed E-state index contributed by atoms with van der Waals surface area (Å²) < 4.78 is 39.5. The van der Waals surface area contributed by atoms with Crippen molar-refractivity contribution >= 4 is 16.5 Å². The van der Waals surface area contributed by atoms with Gasteiger partial charge in [-0.25, -0.2) is 13.2 Å². The Morgan fingerprint density at radius 3 is 2.62 bits per heavy atom. The van der Waals surface area contributed by atoms with Crippen LogP contribution in [0.15, 0.2) is 48.8 Å².